The van der Waals surface area contributed by atoms with E-state index in [0.29, 0.717) is 32.5 Å². The standard InChI is InChI=1S/C25H39N5O4.ClH/c1-25(23(33)34-2)17-20(18-29-21(31)14-8-3-4-9-15-28-24(26)27)30(22(25)32)16-10-13-19-11-6-5-7-12-19;/h5-7,11-12,20H,3-4,8-10,13-18H2,1-2H3,(H,29,31)(H4,26,27,28);1H/t20-,25-;/m0./s1. The maximum atomic E-state index is 13.2. The van der Waals surface area contributed by atoms with Crippen LogP contribution in [0.15, 0.2) is 35.3 Å². The molecule has 2 amide bonds. The number of nitrogens with one attached hydrogen (secondary N) is 1. The summed E-state index contributed by atoms with van der Waals surface area (Å²) in [5.41, 5.74) is 10.6. The Morgan fingerprint density at radius 1 is 1.14 bits per heavy atom. The number of halogens is 1. The van der Waals surface area contributed by atoms with E-state index in [-0.39, 0.29) is 36.2 Å². The molecule has 2 rings (SSSR count). The van der Waals surface area contributed by atoms with E-state index in [4.69, 9.17) is 16.2 Å². The van der Waals surface area contributed by atoms with Crippen LogP contribution in [0.25, 0.3) is 0 Å². The van der Waals surface area contributed by atoms with Crippen LogP contribution in [0.2, 0.25) is 0 Å². The van der Waals surface area contributed by atoms with E-state index in [0.717, 1.165) is 38.5 Å². The summed E-state index contributed by atoms with van der Waals surface area (Å²) < 4.78 is 4.91. The third kappa shape index (κ3) is 9.39. The van der Waals surface area contributed by atoms with Crippen LogP contribution in [-0.2, 0) is 25.5 Å². The van der Waals surface area contributed by atoms with Crippen molar-refractivity contribution in [1.29, 1.82) is 0 Å². The number of hydrogen-bond acceptors (Lipinski definition) is 5. The van der Waals surface area contributed by atoms with Crippen molar-refractivity contribution in [3.05, 3.63) is 35.9 Å². The highest BCUT2D eigenvalue weighted by molar-refractivity contribution is 6.04. The zero-order chi connectivity index (χ0) is 25.0. The summed E-state index contributed by atoms with van der Waals surface area (Å²) in [5.74, 6) is -0.706. The molecule has 1 aromatic carbocycles. The van der Waals surface area contributed by atoms with Gasteiger partial charge in [0.05, 0.1) is 13.2 Å². The molecule has 10 heteroatoms. The van der Waals surface area contributed by atoms with E-state index >= 15 is 0 Å². The Labute approximate surface area is 214 Å². The predicted octanol–water partition coefficient (Wildman–Crippen LogP) is 2.16. The molecule has 1 aliphatic rings. The maximum absolute atomic E-state index is 13.2. The molecule has 1 fully saturated rings. The van der Waals surface area contributed by atoms with E-state index in [1.807, 2.05) is 18.2 Å². The number of guanidine groups is 1. The second-order valence-corrected chi connectivity index (χ2v) is 9.04. The Morgan fingerprint density at radius 3 is 2.49 bits per heavy atom. The fraction of sp³-hybridized carbons (Fsp3) is 0.600. The number of nitrogens with two attached hydrogens (primary N) is 2. The molecule has 0 radical (unpaired) electrons. The first-order valence-corrected chi connectivity index (χ1v) is 12.0. The number of benzene rings is 1. The monoisotopic (exact) mass is 509 g/mol. The second kappa shape index (κ2) is 15.2. The lowest BCUT2D eigenvalue weighted by Gasteiger charge is -2.25. The Hall–Kier alpha value is -2.81. The highest BCUT2D eigenvalue weighted by Gasteiger charge is 2.53. The molecule has 9 nitrogen and oxygen atoms in total. The van der Waals surface area contributed by atoms with Crippen molar-refractivity contribution in [2.45, 2.75) is 64.3 Å². The number of carbonyl (C=O) groups is 3. The van der Waals surface area contributed by atoms with Crippen molar-refractivity contribution in [3.8, 4) is 0 Å². The van der Waals surface area contributed by atoms with Crippen LogP contribution in [0.4, 0.5) is 0 Å². The van der Waals surface area contributed by atoms with Crippen LogP contribution >= 0.6 is 12.4 Å². The minimum absolute atomic E-state index is 0. The van der Waals surface area contributed by atoms with Gasteiger partial charge in [-0.3, -0.25) is 19.4 Å². The van der Waals surface area contributed by atoms with E-state index in [1.165, 1.54) is 12.7 Å². The first kappa shape index (κ1) is 30.2. The van der Waals surface area contributed by atoms with E-state index in [9.17, 15) is 14.4 Å². The Balaban J connectivity index is 0.00000612. The Kier molecular flexibility index (Phi) is 13.2. The van der Waals surface area contributed by atoms with Crippen molar-refractivity contribution in [2.75, 3.05) is 26.7 Å². The topological polar surface area (TPSA) is 140 Å². The number of carbonyl (C=O) groups excluding carboxylic acids is 3. The average molecular weight is 510 g/mol. The van der Waals surface area contributed by atoms with Crippen LogP contribution in [0.3, 0.4) is 0 Å². The molecular formula is C25H40ClN5O4. The lowest BCUT2D eigenvalue weighted by atomic mass is 9.87. The number of nitrogens with zero attached hydrogens (tertiary/aromatic N) is 2. The summed E-state index contributed by atoms with van der Waals surface area (Å²) in [5, 5.41) is 2.96. The number of aryl methyl sites for hydroxylation is 1. The van der Waals surface area contributed by atoms with Crippen LogP contribution in [-0.4, -0.2) is 61.4 Å². The van der Waals surface area contributed by atoms with Crippen molar-refractivity contribution >= 4 is 36.2 Å². The molecule has 0 spiro atoms. The van der Waals surface area contributed by atoms with Crippen molar-refractivity contribution in [1.82, 2.24) is 10.2 Å². The number of esters is 1. The molecule has 1 saturated heterocycles. The van der Waals surface area contributed by atoms with Gasteiger partial charge in [-0.1, -0.05) is 43.2 Å². The van der Waals surface area contributed by atoms with E-state index in [1.54, 1.807) is 11.8 Å². The fourth-order valence-corrected chi connectivity index (χ4v) is 4.39. The lowest BCUT2D eigenvalue weighted by molar-refractivity contribution is -0.157. The fourth-order valence-electron chi connectivity index (χ4n) is 4.39. The van der Waals surface area contributed by atoms with Gasteiger partial charge >= 0.3 is 5.97 Å². The van der Waals surface area contributed by atoms with Gasteiger partial charge in [-0.2, -0.15) is 0 Å². The van der Waals surface area contributed by atoms with Crippen molar-refractivity contribution < 1.29 is 19.1 Å². The molecule has 0 unspecified atom stereocenters. The predicted molar refractivity (Wildman–Crippen MR) is 139 cm³/mol. The summed E-state index contributed by atoms with van der Waals surface area (Å²) in [6.45, 7) is 3.09. The van der Waals surface area contributed by atoms with Crippen LogP contribution in [0, 0.1) is 5.41 Å². The van der Waals surface area contributed by atoms with Gasteiger partial charge in [0, 0.05) is 26.1 Å². The van der Waals surface area contributed by atoms with Gasteiger partial charge < -0.3 is 26.4 Å². The zero-order valence-electron chi connectivity index (χ0n) is 20.8. The first-order chi connectivity index (χ1) is 16.3. The number of aliphatic imine (C=N–C) groups is 1. The van der Waals surface area contributed by atoms with Gasteiger partial charge in [0.1, 0.15) is 5.41 Å². The van der Waals surface area contributed by atoms with Gasteiger partial charge in [-0.15, -0.1) is 12.4 Å². The molecule has 0 bridgehead atoms. The minimum Gasteiger partial charge on any atom is -0.468 e. The summed E-state index contributed by atoms with van der Waals surface area (Å²) in [6.07, 6.45) is 5.89. The average Bonchev–Trinajstić information content (AvgIpc) is 3.07. The molecule has 0 saturated carbocycles. The van der Waals surface area contributed by atoms with Crippen molar-refractivity contribution in [2.24, 2.45) is 21.9 Å². The number of likely N-dealkylation sites (tertiary alicyclic amines) is 1. The van der Waals surface area contributed by atoms with E-state index < -0.39 is 11.4 Å². The van der Waals surface area contributed by atoms with Gasteiger partial charge in [0.15, 0.2) is 5.96 Å². The maximum Gasteiger partial charge on any atom is 0.321 e. The molecule has 0 aromatic heterocycles. The first-order valence-electron chi connectivity index (χ1n) is 12.0. The summed E-state index contributed by atoms with van der Waals surface area (Å²) in [6, 6.07) is 9.84. The molecular weight excluding hydrogens is 470 g/mol. The third-order valence-electron chi connectivity index (χ3n) is 6.30. The largest absolute Gasteiger partial charge is 0.468 e. The molecule has 35 heavy (non-hydrogen) atoms. The molecule has 1 heterocycles. The second-order valence-electron chi connectivity index (χ2n) is 9.04. The number of rotatable bonds is 14. The number of methoxy groups -OCH3 is 1. The third-order valence-corrected chi connectivity index (χ3v) is 6.30. The Bertz CT molecular complexity index is 848. The summed E-state index contributed by atoms with van der Waals surface area (Å²) in [4.78, 5) is 43.6. The number of hydrogen-bond donors (Lipinski definition) is 3. The normalized spacial score (nSPS) is 19.1. The summed E-state index contributed by atoms with van der Waals surface area (Å²) >= 11 is 0. The number of ether oxygens (including phenoxy) is 1. The quantitative estimate of drug-likeness (QED) is 0.115. The van der Waals surface area contributed by atoms with Gasteiger partial charge in [-0.25, -0.2) is 0 Å². The van der Waals surface area contributed by atoms with Gasteiger partial charge in [0.25, 0.3) is 0 Å². The van der Waals surface area contributed by atoms with Crippen LogP contribution < -0.4 is 16.8 Å². The molecule has 196 valence electrons. The van der Waals surface area contributed by atoms with Gasteiger partial charge in [0.2, 0.25) is 11.8 Å². The van der Waals surface area contributed by atoms with Gasteiger partial charge in [-0.05, 0) is 44.6 Å². The van der Waals surface area contributed by atoms with Crippen LogP contribution in [0.1, 0.15) is 57.4 Å². The zero-order valence-corrected chi connectivity index (χ0v) is 21.6. The van der Waals surface area contributed by atoms with Crippen molar-refractivity contribution in [3.63, 3.8) is 0 Å². The summed E-state index contributed by atoms with van der Waals surface area (Å²) in [7, 11) is 1.30. The lowest BCUT2D eigenvalue weighted by Crippen LogP contribution is -2.43. The Morgan fingerprint density at radius 2 is 1.83 bits per heavy atom. The van der Waals surface area contributed by atoms with E-state index in [2.05, 4.69) is 22.4 Å². The van der Waals surface area contributed by atoms with Crippen LogP contribution in [0.5, 0.6) is 0 Å². The number of unbranched alkanes of at least 4 members (excludes halogenated alkanes) is 3. The highest BCUT2D eigenvalue weighted by atomic mass is 35.5. The number of amides is 2. The molecule has 5 N–H and O–H groups in total. The molecule has 0 aliphatic carbocycles. The molecule has 1 aromatic rings. The molecule has 2 atom stereocenters. The molecule has 1 aliphatic heterocycles. The SMILES string of the molecule is COC(=O)[C@@]1(C)C[C@@H](CNC(=O)CCCCCCN=C(N)N)N(CCCc2ccccc2)C1=O.Cl. The smallest absolute Gasteiger partial charge is 0.321 e. The minimum atomic E-state index is -1.22. The highest BCUT2D eigenvalue weighted by Crippen LogP contribution is 2.37.